The van der Waals surface area contributed by atoms with Crippen LogP contribution in [-0.2, 0) is 29.1 Å². The van der Waals surface area contributed by atoms with Crippen molar-refractivity contribution in [3.05, 3.63) is 119 Å². The Balaban J connectivity index is 0.993. The van der Waals surface area contributed by atoms with Gasteiger partial charge in [-0.15, -0.1) is 0 Å². The third kappa shape index (κ3) is 9.75. The molecule has 308 valence electrons. The summed E-state index contributed by atoms with van der Waals surface area (Å²) in [6.07, 6.45) is 1.18. The van der Waals surface area contributed by atoms with Crippen molar-refractivity contribution in [2.24, 2.45) is 11.3 Å². The molecule has 0 saturated carbocycles. The molecule has 0 bridgehead atoms. The zero-order valence-electron chi connectivity index (χ0n) is 33.1. The summed E-state index contributed by atoms with van der Waals surface area (Å²) >= 11 is 0. The van der Waals surface area contributed by atoms with Crippen LogP contribution in [0.1, 0.15) is 80.5 Å². The number of benzene rings is 4. The summed E-state index contributed by atoms with van der Waals surface area (Å²) < 4.78 is 78.0. The van der Waals surface area contributed by atoms with E-state index in [1.165, 1.54) is 0 Å². The fourth-order valence-electron chi connectivity index (χ4n) is 8.43. The number of hydrogen-bond donors (Lipinski definition) is 2. The SMILES string of the molecule is CCCC[C@]1(CC)CS(=O)(=O)c2cc(OCCOCCOCCOc3ccc4c(c3)S(=O)(=O)C[C@H](C)[C@H](O)[C@@H]4c3ccccc3)ccc2[C@@H](c2ccccc2)[C@H]1O. The number of fused-ring (bicyclic) bond motifs is 2. The van der Waals surface area contributed by atoms with E-state index in [-0.39, 0.29) is 47.7 Å². The molecule has 6 atom stereocenters. The van der Waals surface area contributed by atoms with E-state index in [0.29, 0.717) is 48.7 Å². The molecule has 2 aliphatic rings. The van der Waals surface area contributed by atoms with Crippen LogP contribution in [0.25, 0.3) is 0 Å². The average Bonchev–Trinajstić information content (AvgIpc) is 3.33. The fourth-order valence-corrected chi connectivity index (χ4v) is 12.6. The molecular formula is C45H56O10S2. The summed E-state index contributed by atoms with van der Waals surface area (Å²) in [4.78, 5) is 0.381. The van der Waals surface area contributed by atoms with Crippen molar-refractivity contribution in [1.29, 1.82) is 0 Å². The van der Waals surface area contributed by atoms with Crippen LogP contribution in [0, 0.1) is 11.3 Å². The Hall–Kier alpha value is -3.78. The van der Waals surface area contributed by atoms with Crippen LogP contribution in [0.15, 0.2) is 107 Å². The van der Waals surface area contributed by atoms with Gasteiger partial charge in [-0.3, -0.25) is 0 Å². The predicted molar refractivity (Wildman–Crippen MR) is 220 cm³/mol. The smallest absolute Gasteiger partial charge is 0.179 e. The van der Waals surface area contributed by atoms with E-state index < -0.39 is 55.1 Å². The van der Waals surface area contributed by atoms with Gasteiger partial charge >= 0.3 is 0 Å². The summed E-state index contributed by atoms with van der Waals surface area (Å²) in [6, 6.07) is 29.3. The molecular weight excluding hydrogens is 765 g/mol. The number of aliphatic hydroxyl groups excluding tert-OH is 2. The molecule has 0 amide bonds. The maximum absolute atomic E-state index is 14.0. The van der Waals surface area contributed by atoms with Crippen LogP contribution in [0.2, 0.25) is 0 Å². The summed E-state index contributed by atoms with van der Waals surface area (Å²) in [6.45, 7) is 7.32. The number of sulfone groups is 2. The van der Waals surface area contributed by atoms with Gasteiger partial charge in [0.2, 0.25) is 0 Å². The molecule has 0 aromatic heterocycles. The Kier molecular flexibility index (Phi) is 14.2. The lowest BCUT2D eigenvalue weighted by atomic mass is 9.69. The third-order valence-corrected chi connectivity index (χ3v) is 15.5. The van der Waals surface area contributed by atoms with E-state index in [9.17, 15) is 27.0 Å². The lowest BCUT2D eigenvalue weighted by molar-refractivity contribution is 0.0174. The fraction of sp³-hybridized carbons (Fsp3) is 0.467. The Morgan fingerprint density at radius 2 is 1.14 bits per heavy atom. The van der Waals surface area contributed by atoms with Crippen molar-refractivity contribution in [3.8, 4) is 11.5 Å². The molecule has 2 heterocycles. The molecule has 4 aromatic rings. The summed E-state index contributed by atoms with van der Waals surface area (Å²) in [5, 5.41) is 23.2. The van der Waals surface area contributed by atoms with Crippen LogP contribution < -0.4 is 9.47 Å². The highest BCUT2D eigenvalue weighted by Crippen LogP contribution is 2.49. The highest BCUT2D eigenvalue weighted by atomic mass is 32.2. The van der Waals surface area contributed by atoms with E-state index in [1.807, 2.05) is 67.6 Å². The van der Waals surface area contributed by atoms with Crippen molar-refractivity contribution in [2.45, 2.75) is 80.3 Å². The highest BCUT2D eigenvalue weighted by molar-refractivity contribution is 7.91. The van der Waals surface area contributed by atoms with Gasteiger partial charge in [-0.1, -0.05) is 106 Å². The minimum atomic E-state index is -3.75. The first-order chi connectivity index (χ1) is 27.4. The number of ether oxygens (including phenoxy) is 4. The normalized spacial score (nSPS) is 25.0. The quantitative estimate of drug-likeness (QED) is 0.107. The van der Waals surface area contributed by atoms with E-state index in [2.05, 4.69) is 6.92 Å². The minimum absolute atomic E-state index is 0.125. The lowest BCUT2D eigenvalue weighted by Crippen LogP contribution is -2.42. The maximum Gasteiger partial charge on any atom is 0.179 e. The van der Waals surface area contributed by atoms with Gasteiger partial charge in [0.25, 0.3) is 0 Å². The van der Waals surface area contributed by atoms with Crippen LogP contribution >= 0.6 is 0 Å². The van der Waals surface area contributed by atoms with Crippen LogP contribution in [-0.4, -0.2) is 90.4 Å². The van der Waals surface area contributed by atoms with Gasteiger partial charge in [0, 0.05) is 17.3 Å². The second kappa shape index (κ2) is 18.9. The predicted octanol–water partition coefficient (Wildman–Crippen LogP) is 6.96. The molecule has 57 heavy (non-hydrogen) atoms. The summed E-state index contributed by atoms with van der Waals surface area (Å²) in [7, 11) is -7.42. The topological polar surface area (TPSA) is 146 Å². The largest absolute Gasteiger partial charge is 0.491 e. The molecule has 12 heteroatoms. The minimum Gasteiger partial charge on any atom is -0.491 e. The zero-order valence-corrected chi connectivity index (χ0v) is 34.7. The second-order valence-corrected chi connectivity index (χ2v) is 19.3. The molecule has 4 aromatic carbocycles. The third-order valence-electron chi connectivity index (χ3n) is 11.6. The Morgan fingerprint density at radius 1 is 0.649 bits per heavy atom. The molecule has 0 aliphatic carbocycles. The van der Waals surface area contributed by atoms with Gasteiger partial charge in [0.15, 0.2) is 19.7 Å². The molecule has 2 aliphatic heterocycles. The van der Waals surface area contributed by atoms with Crippen molar-refractivity contribution < 1.29 is 46.0 Å². The van der Waals surface area contributed by atoms with Gasteiger partial charge in [-0.05, 0) is 65.3 Å². The molecule has 10 nitrogen and oxygen atoms in total. The van der Waals surface area contributed by atoms with Crippen molar-refractivity contribution in [1.82, 2.24) is 0 Å². The van der Waals surface area contributed by atoms with Crippen LogP contribution in [0.4, 0.5) is 0 Å². The van der Waals surface area contributed by atoms with Gasteiger partial charge in [-0.2, -0.15) is 0 Å². The van der Waals surface area contributed by atoms with Gasteiger partial charge in [-0.25, -0.2) is 16.8 Å². The van der Waals surface area contributed by atoms with E-state index in [1.54, 1.807) is 43.3 Å². The molecule has 2 N–H and O–H groups in total. The first-order valence-electron chi connectivity index (χ1n) is 20.0. The van der Waals surface area contributed by atoms with Crippen molar-refractivity contribution >= 4 is 19.7 Å². The molecule has 0 saturated heterocycles. The first-order valence-corrected chi connectivity index (χ1v) is 23.3. The Morgan fingerprint density at radius 3 is 1.67 bits per heavy atom. The number of rotatable bonds is 17. The lowest BCUT2D eigenvalue weighted by Gasteiger charge is -2.39. The Labute approximate surface area is 338 Å². The van der Waals surface area contributed by atoms with E-state index in [4.69, 9.17) is 18.9 Å². The second-order valence-electron chi connectivity index (χ2n) is 15.4. The Bertz CT molecular complexity index is 2140. The maximum atomic E-state index is 14.0. The first kappa shape index (κ1) is 42.8. The van der Waals surface area contributed by atoms with E-state index >= 15 is 0 Å². The molecule has 0 radical (unpaired) electrons. The molecule has 6 rings (SSSR count). The van der Waals surface area contributed by atoms with E-state index in [0.717, 1.165) is 24.0 Å². The van der Waals surface area contributed by atoms with Crippen molar-refractivity contribution in [3.63, 3.8) is 0 Å². The van der Waals surface area contributed by atoms with Gasteiger partial charge in [0.05, 0.1) is 59.9 Å². The van der Waals surface area contributed by atoms with Crippen LogP contribution in [0.3, 0.4) is 0 Å². The monoisotopic (exact) mass is 820 g/mol. The summed E-state index contributed by atoms with van der Waals surface area (Å²) in [5.41, 5.74) is 2.11. The molecule has 0 spiro atoms. The van der Waals surface area contributed by atoms with Gasteiger partial charge in [0.1, 0.15) is 24.7 Å². The zero-order chi connectivity index (χ0) is 40.6. The molecule has 0 unspecified atom stereocenters. The standard InChI is InChI=1S/C45H56O10S2/c1-4-6-21-45(5-2)31-57(50,51)40-29-36(18-20-38(40)42(44(45)47)34-15-11-8-12-16-34)55-27-25-53-23-22-52-24-26-54-35-17-19-37-39(28-35)56(48,49)30-32(3)43(46)41(37)33-13-9-7-10-14-33/h7-20,28-29,32,41-44,46-47H,4-6,21-27,30-31H2,1-3H3/t32-,41+,42+,43-,44+,45+/m0/s1. The average molecular weight is 821 g/mol. The number of aliphatic hydroxyl groups is 2. The van der Waals surface area contributed by atoms with Gasteiger partial charge < -0.3 is 29.2 Å². The highest BCUT2D eigenvalue weighted by Gasteiger charge is 2.49. The number of hydrogen-bond acceptors (Lipinski definition) is 10. The summed E-state index contributed by atoms with van der Waals surface area (Å²) in [5.74, 6) is -0.884. The van der Waals surface area contributed by atoms with Crippen LogP contribution in [0.5, 0.6) is 11.5 Å². The van der Waals surface area contributed by atoms with Crippen molar-refractivity contribution in [2.75, 3.05) is 51.1 Å². The number of unbranched alkanes of at least 4 members (excludes halogenated alkanes) is 1. The molecule has 0 fully saturated rings.